The van der Waals surface area contributed by atoms with E-state index in [1.54, 1.807) is 19.1 Å². The summed E-state index contributed by atoms with van der Waals surface area (Å²) < 4.78 is 41.0. The third-order valence-electron chi connectivity index (χ3n) is 2.77. The van der Waals surface area contributed by atoms with Crippen LogP contribution in [-0.4, -0.2) is 8.42 Å². The summed E-state index contributed by atoms with van der Waals surface area (Å²) in [6.07, 6.45) is 0. The first-order chi connectivity index (χ1) is 9.70. The molecule has 0 heterocycles. The molecule has 0 aromatic heterocycles. The van der Waals surface area contributed by atoms with Gasteiger partial charge in [0.15, 0.2) is 0 Å². The van der Waals surface area contributed by atoms with E-state index >= 15 is 0 Å². The molecule has 8 heteroatoms. The van der Waals surface area contributed by atoms with Crippen molar-refractivity contribution in [2.45, 2.75) is 11.8 Å². The Morgan fingerprint density at radius 2 is 1.95 bits per heavy atom. The number of rotatable bonds is 3. The lowest BCUT2D eigenvalue weighted by atomic mass is 10.2. The fourth-order valence-electron chi connectivity index (χ4n) is 1.69. The van der Waals surface area contributed by atoms with E-state index in [-0.39, 0.29) is 5.69 Å². The Balaban J connectivity index is 2.46. The number of sulfonamides is 1. The Bertz CT molecular complexity index is 812. The van der Waals surface area contributed by atoms with Gasteiger partial charge in [-0.3, -0.25) is 4.72 Å². The highest BCUT2D eigenvalue weighted by Crippen LogP contribution is 2.28. The molecule has 0 aliphatic rings. The van der Waals surface area contributed by atoms with E-state index in [4.69, 9.17) is 17.3 Å². The van der Waals surface area contributed by atoms with Gasteiger partial charge in [0, 0.05) is 15.2 Å². The van der Waals surface area contributed by atoms with Gasteiger partial charge in [0.2, 0.25) is 0 Å². The Morgan fingerprint density at radius 3 is 2.57 bits per heavy atom. The molecule has 0 fully saturated rings. The fourth-order valence-corrected chi connectivity index (χ4v) is 3.46. The largest absolute Gasteiger partial charge is 0.398 e. The smallest absolute Gasteiger partial charge is 0.264 e. The van der Waals surface area contributed by atoms with Gasteiger partial charge in [-0.05, 0) is 58.7 Å². The van der Waals surface area contributed by atoms with E-state index in [2.05, 4.69) is 20.7 Å². The molecular formula is C13H11BrClFN2O2S. The summed E-state index contributed by atoms with van der Waals surface area (Å²) in [5, 5.41) is 0.481. The molecule has 0 aliphatic carbocycles. The summed E-state index contributed by atoms with van der Waals surface area (Å²) in [6, 6.07) is 6.73. The first kappa shape index (κ1) is 16.1. The highest BCUT2D eigenvalue weighted by atomic mass is 79.9. The zero-order valence-corrected chi connectivity index (χ0v) is 14.0. The van der Waals surface area contributed by atoms with Gasteiger partial charge in [-0.15, -0.1) is 0 Å². The van der Waals surface area contributed by atoms with Gasteiger partial charge in [0.25, 0.3) is 10.0 Å². The summed E-state index contributed by atoms with van der Waals surface area (Å²) in [5.41, 5.74) is 6.68. The molecule has 0 spiro atoms. The Morgan fingerprint density at radius 1 is 1.29 bits per heavy atom. The van der Waals surface area contributed by atoms with Crippen molar-refractivity contribution in [2.75, 3.05) is 10.5 Å². The maximum atomic E-state index is 13.9. The number of hydrogen-bond acceptors (Lipinski definition) is 3. The van der Waals surface area contributed by atoms with E-state index in [1.165, 1.54) is 6.07 Å². The molecule has 0 saturated heterocycles. The molecule has 3 N–H and O–H groups in total. The molecule has 2 aromatic rings. The van der Waals surface area contributed by atoms with Gasteiger partial charge < -0.3 is 5.73 Å². The summed E-state index contributed by atoms with van der Waals surface area (Å²) >= 11 is 8.85. The lowest BCUT2D eigenvalue weighted by Gasteiger charge is -2.12. The molecule has 2 aromatic carbocycles. The molecule has 4 nitrogen and oxygen atoms in total. The molecule has 0 bridgehead atoms. The van der Waals surface area contributed by atoms with Gasteiger partial charge >= 0.3 is 0 Å². The molecule has 0 radical (unpaired) electrons. The van der Waals surface area contributed by atoms with Crippen LogP contribution in [-0.2, 0) is 10.0 Å². The van der Waals surface area contributed by atoms with Crippen LogP contribution in [0.5, 0.6) is 0 Å². The van der Waals surface area contributed by atoms with Crippen molar-refractivity contribution in [3.63, 3.8) is 0 Å². The van der Waals surface area contributed by atoms with Crippen molar-refractivity contribution < 1.29 is 12.8 Å². The minimum Gasteiger partial charge on any atom is -0.398 e. The third-order valence-corrected chi connectivity index (χ3v) is 5.08. The van der Waals surface area contributed by atoms with Crippen LogP contribution in [0.15, 0.2) is 39.7 Å². The lowest BCUT2D eigenvalue weighted by molar-refractivity contribution is 0.570. The number of hydrogen-bond donors (Lipinski definition) is 2. The van der Waals surface area contributed by atoms with Crippen molar-refractivity contribution in [3.8, 4) is 0 Å². The zero-order chi connectivity index (χ0) is 15.8. The molecule has 0 atom stereocenters. The van der Waals surface area contributed by atoms with Crippen LogP contribution >= 0.6 is 27.5 Å². The molecule has 0 amide bonds. The van der Waals surface area contributed by atoms with Crippen LogP contribution in [0.1, 0.15) is 5.56 Å². The average Bonchev–Trinajstić information content (AvgIpc) is 2.37. The second-order valence-corrected chi connectivity index (χ2v) is 7.31. The molecular weight excluding hydrogens is 383 g/mol. The second-order valence-electron chi connectivity index (χ2n) is 4.37. The summed E-state index contributed by atoms with van der Waals surface area (Å²) in [4.78, 5) is -0.516. The maximum absolute atomic E-state index is 13.9. The number of nitrogens with one attached hydrogen (secondary N) is 1. The highest BCUT2D eigenvalue weighted by molar-refractivity contribution is 9.10. The molecule has 21 heavy (non-hydrogen) atoms. The predicted molar refractivity (Wildman–Crippen MR) is 85.5 cm³/mol. The molecule has 0 aliphatic heterocycles. The maximum Gasteiger partial charge on any atom is 0.264 e. The first-order valence-corrected chi connectivity index (χ1v) is 8.39. The molecule has 112 valence electrons. The van der Waals surface area contributed by atoms with E-state index in [0.717, 1.165) is 12.1 Å². The monoisotopic (exact) mass is 392 g/mol. The fraction of sp³-hybridized carbons (Fsp3) is 0.0769. The van der Waals surface area contributed by atoms with Gasteiger partial charge in [0.05, 0.1) is 5.69 Å². The SMILES string of the molecule is Cc1cc(Cl)ccc1NS(=O)(=O)c1cc(N)c(Br)cc1F. The predicted octanol–water partition coefficient (Wildman–Crippen LogP) is 3.93. The second kappa shape index (κ2) is 5.82. The lowest BCUT2D eigenvalue weighted by Crippen LogP contribution is -2.15. The number of benzene rings is 2. The van der Waals surface area contributed by atoms with E-state index < -0.39 is 20.7 Å². The summed E-state index contributed by atoms with van der Waals surface area (Å²) in [6.45, 7) is 1.69. The van der Waals surface area contributed by atoms with E-state index in [0.29, 0.717) is 20.7 Å². The van der Waals surface area contributed by atoms with Crippen molar-refractivity contribution in [1.82, 2.24) is 0 Å². The van der Waals surface area contributed by atoms with Gasteiger partial charge in [0.1, 0.15) is 10.7 Å². The molecule has 0 saturated carbocycles. The number of anilines is 2. The zero-order valence-electron chi connectivity index (χ0n) is 10.8. The summed E-state index contributed by atoms with van der Waals surface area (Å²) in [7, 11) is -4.09. The topological polar surface area (TPSA) is 72.2 Å². The van der Waals surface area contributed by atoms with Crippen molar-refractivity contribution in [3.05, 3.63) is 51.2 Å². The van der Waals surface area contributed by atoms with Gasteiger partial charge in [-0.2, -0.15) is 0 Å². The van der Waals surface area contributed by atoms with Crippen LogP contribution in [0, 0.1) is 12.7 Å². The Labute approximate surface area is 135 Å². The van der Waals surface area contributed by atoms with Crippen LogP contribution < -0.4 is 10.5 Å². The van der Waals surface area contributed by atoms with Crippen LogP contribution in [0.4, 0.5) is 15.8 Å². The van der Waals surface area contributed by atoms with Gasteiger partial charge in [-0.25, -0.2) is 12.8 Å². The quantitative estimate of drug-likeness (QED) is 0.776. The normalized spacial score (nSPS) is 11.4. The Kier molecular flexibility index (Phi) is 4.46. The summed E-state index contributed by atoms with van der Waals surface area (Å²) in [5.74, 6) is -0.893. The minimum absolute atomic E-state index is 0.129. The van der Waals surface area contributed by atoms with E-state index in [9.17, 15) is 12.8 Å². The van der Waals surface area contributed by atoms with Crippen molar-refractivity contribution >= 4 is 48.9 Å². The number of aryl methyl sites for hydroxylation is 1. The number of halogens is 3. The van der Waals surface area contributed by atoms with Gasteiger partial charge in [-0.1, -0.05) is 11.6 Å². The minimum atomic E-state index is -4.09. The Hall–Kier alpha value is -1.31. The van der Waals surface area contributed by atoms with Crippen molar-refractivity contribution in [1.29, 1.82) is 0 Å². The highest BCUT2D eigenvalue weighted by Gasteiger charge is 2.21. The third kappa shape index (κ3) is 3.48. The number of nitrogen functional groups attached to an aromatic ring is 1. The van der Waals surface area contributed by atoms with Crippen LogP contribution in [0.2, 0.25) is 5.02 Å². The molecule has 2 rings (SSSR count). The number of nitrogens with two attached hydrogens (primary N) is 1. The first-order valence-electron chi connectivity index (χ1n) is 5.74. The molecule has 0 unspecified atom stereocenters. The van der Waals surface area contributed by atoms with E-state index in [1.807, 2.05) is 0 Å². The average molecular weight is 394 g/mol. The van der Waals surface area contributed by atoms with Crippen molar-refractivity contribution in [2.24, 2.45) is 0 Å². The van der Waals surface area contributed by atoms with Crippen LogP contribution in [0.3, 0.4) is 0 Å². The standard InChI is InChI=1S/C13H11BrClFN2O2S/c1-7-4-8(15)2-3-12(7)18-21(19,20)13-6-11(17)9(14)5-10(13)16/h2-6,18H,17H2,1H3. The van der Waals surface area contributed by atoms with Crippen LogP contribution in [0.25, 0.3) is 0 Å².